The third kappa shape index (κ3) is 5.05. The highest BCUT2D eigenvalue weighted by Crippen LogP contribution is 2.35. The molecule has 4 aromatic rings. The molecular formula is C23H14ClN3O5S. The van der Waals surface area contributed by atoms with Gasteiger partial charge in [-0.1, -0.05) is 29.8 Å². The summed E-state index contributed by atoms with van der Waals surface area (Å²) in [7, 11) is 0. The topological polar surface area (TPSA) is 111 Å². The van der Waals surface area contributed by atoms with Crippen LogP contribution in [-0.2, 0) is 0 Å². The fourth-order valence-corrected chi connectivity index (χ4v) is 4.27. The van der Waals surface area contributed by atoms with Gasteiger partial charge >= 0.3 is 5.97 Å². The first-order chi connectivity index (χ1) is 15.9. The summed E-state index contributed by atoms with van der Waals surface area (Å²) >= 11 is 7.59. The summed E-state index contributed by atoms with van der Waals surface area (Å²) in [5.74, 6) is -0.717. The van der Waals surface area contributed by atoms with Crippen LogP contribution in [0, 0.1) is 10.1 Å². The van der Waals surface area contributed by atoms with Gasteiger partial charge in [-0.25, -0.2) is 10.2 Å². The van der Waals surface area contributed by atoms with Crippen LogP contribution in [0.4, 0.5) is 5.69 Å². The van der Waals surface area contributed by atoms with Crippen molar-refractivity contribution in [2.75, 3.05) is 0 Å². The molecule has 33 heavy (non-hydrogen) atoms. The van der Waals surface area contributed by atoms with Gasteiger partial charge in [0.25, 0.3) is 11.6 Å². The van der Waals surface area contributed by atoms with Gasteiger partial charge in [0.2, 0.25) is 0 Å². The van der Waals surface area contributed by atoms with Gasteiger partial charge in [-0.3, -0.25) is 14.9 Å². The second-order valence-electron chi connectivity index (χ2n) is 6.70. The molecule has 0 aliphatic heterocycles. The lowest BCUT2D eigenvalue weighted by atomic mass is 10.2. The quantitative estimate of drug-likeness (QED) is 0.130. The number of nitrogens with zero attached hydrogens (tertiary/aromatic N) is 2. The third-order valence-electron chi connectivity index (χ3n) is 4.53. The lowest BCUT2D eigenvalue weighted by molar-refractivity contribution is -0.384. The first kappa shape index (κ1) is 22.1. The van der Waals surface area contributed by atoms with Crippen LogP contribution >= 0.6 is 22.9 Å². The molecule has 0 spiro atoms. The number of esters is 1. The van der Waals surface area contributed by atoms with Crippen molar-refractivity contribution >= 4 is 56.8 Å². The lowest BCUT2D eigenvalue weighted by Gasteiger charge is -2.03. The zero-order valence-corrected chi connectivity index (χ0v) is 18.3. The van der Waals surface area contributed by atoms with E-state index in [-0.39, 0.29) is 11.3 Å². The molecule has 0 saturated carbocycles. The number of halogens is 1. The predicted octanol–water partition coefficient (Wildman–Crippen LogP) is 5.45. The Kier molecular flexibility index (Phi) is 6.43. The van der Waals surface area contributed by atoms with Crippen molar-refractivity contribution in [1.29, 1.82) is 0 Å². The summed E-state index contributed by atoms with van der Waals surface area (Å²) in [5.41, 5.74) is 3.13. The zero-order valence-electron chi connectivity index (χ0n) is 16.7. The van der Waals surface area contributed by atoms with E-state index in [9.17, 15) is 19.7 Å². The summed E-state index contributed by atoms with van der Waals surface area (Å²) in [6.45, 7) is 0. The van der Waals surface area contributed by atoms with E-state index in [0.29, 0.717) is 21.2 Å². The number of amides is 1. The third-order valence-corrected chi connectivity index (χ3v) is 6.19. The van der Waals surface area contributed by atoms with E-state index in [2.05, 4.69) is 10.5 Å². The highest BCUT2D eigenvalue weighted by Gasteiger charge is 2.18. The molecular weight excluding hydrogens is 466 g/mol. The minimum Gasteiger partial charge on any atom is -0.422 e. The number of benzene rings is 3. The smallest absolute Gasteiger partial charge is 0.355 e. The van der Waals surface area contributed by atoms with Gasteiger partial charge in [0.15, 0.2) is 0 Å². The summed E-state index contributed by atoms with van der Waals surface area (Å²) in [5, 5.41) is 15.7. The molecule has 0 unspecified atom stereocenters. The van der Waals surface area contributed by atoms with Gasteiger partial charge in [0.1, 0.15) is 10.6 Å². The predicted molar refractivity (Wildman–Crippen MR) is 126 cm³/mol. The Hall–Kier alpha value is -4.08. The summed E-state index contributed by atoms with van der Waals surface area (Å²) in [4.78, 5) is 35.0. The average molecular weight is 480 g/mol. The maximum absolute atomic E-state index is 12.5. The first-order valence-corrected chi connectivity index (χ1v) is 10.7. The molecule has 1 aromatic heterocycles. The van der Waals surface area contributed by atoms with Crippen LogP contribution in [0.25, 0.3) is 10.1 Å². The van der Waals surface area contributed by atoms with Gasteiger partial charge in [-0.05, 0) is 48.0 Å². The zero-order chi connectivity index (χ0) is 23.4. The van der Waals surface area contributed by atoms with Crippen LogP contribution in [-0.4, -0.2) is 23.0 Å². The Bertz CT molecular complexity index is 1380. The number of rotatable bonds is 6. The van der Waals surface area contributed by atoms with Crippen LogP contribution in [0.1, 0.15) is 25.6 Å². The highest BCUT2D eigenvalue weighted by atomic mass is 35.5. The number of carbonyl (C=O) groups excluding carboxylic acids is 2. The van der Waals surface area contributed by atoms with E-state index < -0.39 is 16.8 Å². The number of hydrazone groups is 1. The number of nitro benzene ring substituents is 1. The van der Waals surface area contributed by atoms with E-state index in [0.717, 1.165) is 10.1 Å². The Morgan fingerprint density at radius 2 is 1.73 bits per heavy atom. The molecule has 0 radical (unpaired) electrons. The fourth-order valence-electron chi connectivity index (χ4n) is 2.89. The van der Waals surface area contributed by atoms with Crippen LogP contribution in [0.5, 0.6) is 5.75 Å². The Morgan fingerprint density at radius 1 is 1.03 bits per heavy atom. The Balaban J connectivity index is 1.36. The number of fused-ring (bicyclic) bond motifs is 1. The molecule has 0 aliphatic rings. The summed E-state index contributed by atoms with van der Waals surface area (Å²) in [6.07, 6.45) is 1.41. The van der Waals surface area contributed by atoms with Crippen molar-refractivity contribution in [3.63, 3.8) is 0 Å². The second-order valence-corrected chi connectivity index (χ2v) is 8.13. The van der Waals surface area contributed by atoms with E-state index in [4.69, 9.17) is 16.3 Å². The number of thiophene rings is 1. The molecule has 0 fully saturated rings. The van der Waals surface area contributed by atoms with Crippen LogP contribution in [0.3, 0.4) is 0 Å². The van der Waals surface area contributed by atoms with Crippen LogP contribution in [0.15, 0.2) is 77.9 Å². The van der Waals surface area contributed by atoms with Crippen LogP contribution in [0.2, 0.25) is 5.02 Å². The van der Waals surface area contributed by atoms with Crippen molar-refractivity contribution < 1.29 is 19.2 Å². The molecule has 0 aliphatic carbocycles. The molecule has 0 saturated heterocycles. The second kappa shape index (κ2) is 9.60. The number of hydrogen-bond acceptors (Lipinski definition) is 7. The van der Waals surface area contributed by atoms with Crippen molar-refractivity contribution in [3.05, 3.63) is 104 Å². The van der Waals surface area contributed by atoms with Crippen molar-refractivity contribution in [2.45, 2.75) is 0 Å². The van der Waals surface area contributed by atoms with E-state index >= 15 is 0 Å². The number of ether oxygens (including phenoxy) is 1. The number of hydrogen-bond donors (Lipinski definition) is 1. The van der Waals surface area contributed by atoms with Crippen molar-refractivity contribution in [2.24, 2.45) is 5.10 Å². The number of nitrogens with one attached hydrogen (secondary N) is 1. The Morgan fingerprint density at radius 3 is 2.39 bits per heavy atom. The van der Waals surface area contributed by atoms with Gasteiger partial charge in [-0.2, -0.15) is 5.10 Å². The molecule has 3 aromatic carbocycles. The number of carbonyl (C=O) groups is 2. The van der Waals surface area contributed by atoms with Gasteiger partial charge in [0, 0.05) is 27.8 Å². The molecule has 8 nitrogen and oxygen atoms in total. The molecule has 10 heteroatoms. The van der Waals surface area contributed by atoms with Gasteiger partial charge in [0.05, 0.1) is 16.2 Å². The summed E-state index contributed by atoms with van der Waals surface area (Å²) in [6, 6.07) is 19.1. The lowest BCUT2D eigenvalue weighted by Crippen LogP contribution is -2.17. The monoisotopic (exact) mass is 479 g/mol. The van der Waals surface area contributed by atoms with Crippen molar-refractivity contribution in [1.82, 2.24) is 5.43 Å². The summed E-state index contributed by atoms with van der Waals surface area (Å²) < 4.78 is 6.32. The normalized spacial score (nSPS) is 10.9. The molecule has 0 bridgehead atoms. The molecule has 1 heterocycles. The number of nitro groups is 1. The molecule has 0 atom stereocenters. The van der Waals surface area contributed by atoms with Crippen molar-refractivity contribution in [3.8, 4) is 5.75 Å². The van der Waals surface area contributed by atoms with E-state index in [1.54, 1.807) is 24.3 Å². The standard InChI is InChI=1S/C23H14ClN3O5S/c24-20-18-3-1-2-4-19(18)33-21(20)23(29)32-17-11-5-14(6-12-17)13-25-26-22(28)15-7-9-16(10-8-15)27(30)31/h1-13H,(H,26,28)/b25-13+. The molecule has 1 N–H and O–H groups in total. The fraction of sp³-hybridized carbons (Fsp3) is 0. The van der Waals surface area contributed by atoms with Crippen LogP contribution < -0.4 is 10.2 Å². The Labute approximate surface area is 196 Å². The maximum Gasteiger partial charge on any atom is 0.355 e. The van der Waals surface area contributed by atoms with Gasteiger partial charge < -0.3 is 4.74 Å². The first-order valence-electron chi connectivity index (χ1n) is 9.49. The van der Waals surface area contributed by atoms with E-state index in [1.807, 2.05) is 24.3 Å². The minimum absolute atomic E-state index is 0.106. The maximum atomic E-state index is 12.5. The van der Waals surface area contributed by atoms with Gasteiger partial charge in [-0.15, -0.1) is 11.3 Å². The number of non-ortho nitro benzene ring substituents is 1. The molecule has 164 valence electrons. The van der Waals surface area contributed by atoms with E-state index in [1.165, 1.54) is 41.8 Å². The molecule has 1 amide bonds. The average Bonchev–Trinajstić information content (AvgIpc) is 3.17. The SMILES string of the molecule is O=C(N/N=C/c1ccc(OC(=O)c2sc3ccccc3c2Cl)cc1)c1ccc([N+](=O)[O-])cc1. The largest absolute Gasteiger partial charge is 0.422 e. The minimum atomic E-state index is -0.544. The highest BCUT2D eigenvalue weighted by molar-refractivity contribution is 7.21. The molecule has 4 rings (SSSR count).